The number of nitrogens with zero attached hydrogens (tertiary/aromatic N) is 1. The van der Waals surface area contributed by atoms with E-state index in [0.29, 0.717) is 5.56 Å². The zero-order valence-corrected chi connectivity index (χ0v) is 15.8. The number of benzene rings is 2. The topological polar surface area (TPSA) is 82.0 Å². The Morgan fingerprint density at radius 1 is 1.04 bits per heavy atom. The monoisotopic (exact) mass is 372 g/mol. The Balaban J connectivity index is 1.80. The molecular formula is C21H28N2O4. The molecular weight excluding hydrogens is 344 g/mol. The van der Waals surface area contributed by atoms with E-state index in [2.05, 4.69) is 24.1 Å². The fourth-order valence-electron chi connectivity index (χ4n) is 2.77. The molecule has 0 saturated carbocycles. The summed E-state index contributed by atoms with van der Waals surface area (Å²) in [6.07, 6.45) is -2.86. The molecule has 2 aromatic carbocycles. The van der Waals surface area contributed by atoms with Gasteiger partial charge in [0.1, 0.15) is 18.8 Å². The molecule has 27 heavy (non-hydrogen) atoms. The van der Waals surface area contributed by atoms with Crippen LogP contribution >= 0.6 is 0 Å². The molecule has 0 aromatic heterocycles. The van der Waals surface area contributed by atoms with Crippen LogP contribution in [0, 0.1) is 0 Å². The van der Waals surface area contributed by atoms with Gasteiger partial charge in [-0.05, 0) is 37.1 Å². The molecule has 2 atom stereocenters. The molecule has 0 heterocycles. The van der Waals surface area contributed by atoms with Crippen LogP contribution in [-0.2, 0) is 11.3 Å². The molecule has 3 N–H and O–H groups in total. The molecule has 0 radical (unpaired) electrons. The van der Waals surface area contributed by atoms with Crippen LogP contribution in [0.25, 0.3) is 0 Å². The minimum absolute atomic E-state index is 0.105. The summed E-state index contributed by atoms with van der Waals surface area (Å²) < 4.78 is 5.08. The first-order valence-corrected chi connectivity index (χ1v) is 9.20. The highest BCUT2D eigenvalue weighted by molar-refractivity contribution is 5.67. The highest BCUT2D eigenvalue weighted by Crippen LogP contribution is 2.21. The van der Waals surface area contributed by atoms with Crippen molar-refractivity contribution in [2.75, 3.05) is 24.5 Å². The lowest BCUT2D eigenvalue weighted by Gasteiger charge is -2.23. The Labute approximate surface area is 160 Å². The van der Waals surface area contributed by atoms with E-state index in [9.17, 15) is 15.0 Å². The maximum atomic E-state index is 11.7. The zero-order chi connectivity index (χ0) is 19.6. The first-order valence-electron chi connectivity index (χ1n) is 9.20. The first kappa shape index (κ1) is 20.7. The van der Waals surface area contributed by atoms with Crippen molar-refractivity contribution < 1.29 is 19.7 Å². The van der Waals surface area contributed by atoms with E-state index in [1.54, 1.807) is 12.1 Å². The summed E-state index contributed by atoms with van der Waals surface area (Å²) in [6.45, 7) is 6.01. The molecule has 6 heteroatoms. The lowest BCUT2D eigenvalue weighted by atomic mass is 10.0. The summed E-state index contributed by atoms with van der Waals surface area (Å²) in [6, 6.07) is 16.7. The van der Waals surface area contributed by atoms with Crippen molar-refractivity contribution in [3.8, 4) is 0 Å². The van der Waals surface area contributed by atoms with E-state index < -0.39 is 18.3 Å². The van der Waals surface area contributed by atoms with Gasteiger partial charge in [-0.25, -0.2) is 4.79 Å². The molecule has 0 fully saturated rings. The number of amides is 1. The molecule has 0 aliphatic carbocycles. The summed E-state index contributed by atoms with van der Waals surface area (Å²) in [5, 5.41) is 22.9. The summed E-state index contributed by atoms with van der Waals surface area (Å²) in [5.74, 6) is 0. The molecule has 6 nitrogen and oxygen atoms in total. The zero-order valence-electron chi connectivity index (χ0n) is 15.8. The number of nitrogens with one attached hydrogen (secondary N) is 1. The number of carbonyl (C=O) groups excluding carboxylic acids is 1. The van der Waals surface area contributed by atoms with Gasteiger partial charge in [-0.2, -0.15) is 0 Å². The maximum Gasteiger partial charge on any atom is 0.407 e. The van der Waals surface area contributed by atoms with Gasteiger partial charge < -0.3 is 25.2 Å². The van der Waals surface area contributed by atoms with Crippen LogP contribution in [0.4, 0.5) is 10.5 Å². The van der Waals surface area contributed by atoms with Gasteiger partial charge in [0.2, 0.25) is 0 Å². The summed E-state index contributed by atoms with van der Waals surface area (Å²) in [5.41, 5.74) is 2.53. The number of hydrogen-bond donors (Lipinski definition) is 3. The second-order valence-electron chi connectivity index (χ2n) is 6.22. The van der Waals surface area contributed by atoms with Crippen molar-refractivity contribution in [1.29, 1.82) is 0 Å². The number of aliphatic hydroxyl groups excluding tert-OH is 2. The van der Waals surface area contributed by atoms with Crippen molar-refractivity contribution >= 4 is 11.8 Å². The number of alkyl carbamates (subject to hydrolysis) is 1. The standard InChI is InChI=1S/C21H28N2O4/c1-3-23(4-2)18-12-10-17(11-13-18)20(25)19(24)14-22-21(26)27-15-16-8-6-5-7-9-16/h5-13,19-20,24-25H,3-4,14-15H2,1-2H3,(H,22,26). The van der Waals surface area contributed by atoms with Crippen molar-refractivity contribution in [3.05, 3.63) is 65.7 Å². The quantitative estimate of drug-likeness (QED) is 0.631. The number of aliphatic hydroxyl groups is 2. The molecule has 2 rings (SSSR count). The third kappa shape index (κ3) is 6.27. The molecule has 2 unspecified atom stereocenters. The Morgan fingerprint density at radius 2 is 1.67 bits per heavy atom. The average molecular weight is 372 g/mol. The highest BCUT2D eigenvalue weighted by Gasteiger charge is 2.19. The number of hydrogen-bond acceptors (Lipinski definition) is 5. The second kappa shape index (κ2) is 10.5. The van der Waals surface area contributed by atoms with Gasteiger partial charge in [-0.15, -0.1) is 0 Å². The minimum Gasteiger partial charge on any atom is -0.445 e. The molecule has 0 spiro atoms. The van der Waals surface area contributed by atoms with E-state index in [1.165, 1.54) is 0 Å². The van der Waals surface area contributed by atoms with Gasteiger partial charge in [0.15, 0.2) is 0 Å². The van der Waals surface area contributed by atoms with Gasteiger partial charge >= 0.3 is 6.09 Å². The van der Waals surface area contributed by atoms with Crippen LogP contribution in [0.15, 0.2) is 54.6 Å². The minimum atomic E-state index is -1.13. The maximum absolute atomic E-state index is 11.7. The number of anilines is 1. The number of carbonyl (C=O) groups is 1. The Hall–Kier alpha value is -2.57. The van der Waals surface area contributed by atoms with E-state index in [0.717, 1.165) is 24.3 Å². The van der Waals surface area contributed by atoms with Crippen LogP contribution in [0.3, 0.4) is 0 Å². The Morgan fingerprint density at radius 3 is 2.26 bits per heavy atom. The predicted molar refractivity (Wildman–Crippen MR) is 106 cm³/mol. The third-order valence-corrected chi connectivity index (χ3v) is 4.40. The van der Waals surface area contributed by atoms with E-state index >= 15 is 0 Å². The third-order valence-electron chi connectivity index (χ3n) is 4.40. The fourth-order valence-corrected chi connectivity index (χ4v) is 2.77. The van der Waals surface area contributed by atoms with E-state index in [4.69, 9.17) is 4.74 Å². The lowest BCUT2D eigenvalue weighted by Crippen LogP contribution is -2.35. The van der Waals surface area contributed by atoms with Crippen molar-refractivity contribution in [2.45, 2.75) is 32.7 Å². The number of ether oxygens (including phenoxy) is 1. The lowest BCUT2D eigenvalue weighted by molar-refractivity contribution is 0.0184. The fraction of sp³-hybridized carbons (Fsp3) is 0.381. The van der Waals surface area contributed by atoms with Crippen molar-refractivity contribution in [2.24, 2.45) is 0 Å². The van der Waals surface area contributed by atoms with Crippen LogP contribution in [0.5, 0.6) is 0 Å². The van der Waals surface area contributed by atoms with Crippen LogP contribution in [0.1, 0.15) is 31.1 Å². The van der Waals surface area contributed by atoms with E-state index in [1.807, 2.05) is 42.5 Å². The van der Waals surface area contributed by atoms with Crippen LogP contribution in [0.2, 0.25) is 0 Å². The molecule has 146 valence electrons. The van der Waals surface area contributed by atoms with Gasteiger partial charge in [0.05, 0.1) is 0 Å². The molecule has 0 aliphatic rings. The average Bonchev–Trinajstić information content (AvgIpc) is 2.72. The number of rotatable bonds is 9. The van der Waals surface area contributed by atoms with Crippen molar-refractivity contribution in [1.82, 2.24) is 5.32 Å². The molecule has 0 bridgehead atoms. The highest BCUT2D eigenvalue weighted by atomic mass is 16.5. The smallest absolute Gasteiger partial charge is 0.407 e. The first-order chi connectivity index (χ1) is 13.0. The van der Waals surface area contributed by atoms with Gasteiger partial charge in [0, 0.05) is 25.3 Å². The Bertz CT molecular complexity index is 687. The molecule has 0 saturated heterocycles. The summed E-state index contributed by atoms with van der Waals surface area (Å²) in [7, 11) is 0. The molecule has 1 amide bonds. The largest absolute Gasteiger partial charge is 0.445 e. The van der Waals surface area contributed by atoms with Crippen LogP contribution < -0.4 is 10.2 Å². The summed E-state index contributed by atoms with van der Waals surface area (Å²) >= 11 is 0. The SMILES string of the molecule is CCN(CC)c1ccc(C(O)C(O)CNC(=O)OCc2ccccc2)cc1. The van der Waals surface area contributed by atoms with E-state index in [-0.39, 0.29) is 13.2 Å². The van der Waals surface area contributed by atoms with Crippen molar-refractivity contribution in [3.63, 3.8) is 0 Å². The molecule has 2 aromatic rings. The van der Waals surface area contributed by atoms with Crippen LogP contribution in [-0.4, -0.2) is 42.0 Å². The predicted octanol–water partition coefficient (Wildman–Crippen LogP) is 2.85. The summed E-state index contributed by atoms with van der Waals surface area (Å²) in [4.78, 5) is 13.9. The van der Waals surface area contributed by atoms with Gasteiger partial charge in [0.25, 0.3) is 0 Å². The van der Waals surface area contributed by atoms with Gasteiger partial charge in [-0.3, -0.25) is 0 Å². The Kier molecular flexibility index (Phi) is 8.10. The van der Waals surface area contributed by atoms with Gasteiger partial charge in [-0.1, -0.05) is 42.5 Å². The molecule has 0 aliphatic heterocycles. The second-order valence-corrected chi connectivity index (χ2v) is 6.22. The normalized spacial score (nSPS) is 12.9.